The van der Waals surface area contributed by atoms with E-state index in [2.05, 4.69) is 39.7 Å². The molecule has 0 aromatic heterocycles. The molecule has 0 unspecified atom stereocenters. The molecule has 23 heavy (non-hydrogen) atoms. The van der Waals surface area contributed by atoms with Crippen molar-refractivity contribution in [3.05, 3.63) is 41.2 Å². The molecule has 0 aliphatic heterocycles. The van der Waals surface area contributed by atoms with Gasteiger partial charge in [-0.05, 0) is 49.8 Å². The maximum Gasteiger partial charge on any atom is 0.305 e. The van der Waals surface area contributed by atoms with E-state index in [1.807, 2.05) is 0 Å². The SMILES string of the molecule is [C-]#[N+]C1(Nc2ccc(CCC3(C(=O)NC)CCC3)cc2)CCC1. The molecule has 2 aliphatic rings. The van der Waals surface area contributed by atoms with Crippen molar-refractivity contribution in [1.29, 1.82) is 0 Å². The van der Waals surface area contributed by atoms with Crippen molar-refractivity contribution < 1.29 is 4.79 Å². The van der Waals surface area contributed by atoms with E-state index in [9.17, 15) is 4.79 Å². The van der Waals surface area contributed by atoms with Gasteiger partial charge in [0.15, 0.2) is 0 Å². The third kappa shape index (κ3) is 3.06. The van der Waals surface area contributed by atoms with Crippen LogP contribution in [-0.2, 0) is 11.2 Å². The molecule has 122 valence electrons. The van der Waals surface area contributed by atoms with E-state index >= 15 is 0 Å². The summed E-state index contributed by atoms with van der Waals surface area (Å²) in [4.78, 5) is 15.8. The Bertz CT molecular complexity index is 606. The van der Waals surface area contributed by atoms with Gasteiger partial charge >= 0.3 is 5.66 Å². The molecule has 2 saturated carbocycles. The number of rotatable bonds is 6. The van der Waals surface area contributed by atoms with Crippen LogP contribution >= 0.6 is 0 Å². The zero-order chi connectivity index (χ0) is 16.3. The summed E-state index contributed by atoms with van der Waals surface area (Å²) in [5.74, 6) is 0.200. The first-order chi connectivity index (χ1) is 11.1. The number of carbonyl (C=O) groups excluding carboxylic acids is 1. The van der Waals surface area contributed by atoms with Crippen molar-refractivity contribution in [2.45, 2.75) is 57.0 Å². The van der Waals surface area contributed by atoms with Crippen LogP contribution in [0.2, 0.25) is 0 Å². The number of hydrogen-bond donors (Lipinski definition) is 2. The van der Waals surface area contributed by atoms with Gasteiger partial charge in [0, 0.05) is 31.0 Å². The molecule has 4 heteroatoms. The molecule has 2 fully saturated rings. The molecule has 3 rings (SSSR count). The minimum Gasteiger partial charge on any atom is -0.359 e. The van der Waals surface area contributed by atoms with Gasteiger partial charge in [-0.15, -0.1) is 0 Å². The molecule has 2 N–H and O–H groups in total. The van der Waals surface area contributed by atoms with Crippen molar-refractivity contribution in [3.8, 4) is 0 Å². The summed E-state index contributed by atoms with van der Waals surface area (Å²) in [5, 5.41) is 6.19. The van der Waals surface area contributed by atoms with Crippen LogP contribution in [0.5, 0.6) is 0 Å². The first-order valence-corrected chi connectivity index (χ1v) is 8.59. The second kappa shape index (κ2) is 6.23. The average molecular weight is 311 g/mol. The van der Waals surface area contributed by atoms with Crippen LogP contribution in [-0.4, -0.2) is 18.6 Å². The average Bonchev–Trinajstić information content (AvgIpc) is 2.51. The topological polar surface area (TPSA) is 45.5 Å². The van der Waals surface area contributed by atoms with Gasteiger partial charge in [0.25, 0.3) is 0 Å². The highest BCUT2D eigenvalue weighted by Gasteiger charge is 2.44. The predicted molar refractivity (Wildman–Crippen MR) is 91.9 cm³/mol. The predicted octanol–water partition coefficient (Wildman–Crippen LogP) is 3.75. The van der Waals surface area contributed by atoms with E-state index in [4.69, 9.17) is 6.57 Å². The van der Waals surface area contributed by atoms with Gasteiger partial charge in [-0.1, -0.05) is 18.6 Å². The fourth-order valence-electron chi connectivity index (χ4n) is 3.64. The van der Waals surface area contributed by atoms with Crippen LogP contribution in [0, 0.1) is 12.0 Å². The molecule has 1 aromatic carbocycles. The van der Waals surface area contributed by atoms with E-state index in [0.717, 1.165) is 57.1 Å². The summed E-state index contributed by atoms with van der Waals surface area (Å²) in [6, 6.07) is 8.37. The summed E-state index contributed by atoms with van der Waals surface area (Å²) in [6.45, 7) is 7.34. The van der Waals surface area contributed by atoms with E-state index in [1.165, 1.54) is 5.56 Å². The smallest absolute Gasteiger partial charge is 0.305 e. The Morgan fingerprint density at radius 1 is 1.17 bits per heavy atom. The lowest BCUT2D eigenvalue weighted by Crippen LogP contribution is -2.44. The summed E-state index contributed by atoms with van der Waals surface area (Å²) < 4.78 is 0. The molecule has 0 spiro atoms. The number of nitrogens with zero attached hydrogens (tertiary/aromatic N) is 1. The lowest BCUT2D eigenvalue weighted by molar-refractivity contribution is -0.136. The Morgan fingerprint density at radius 2 is 1.83 bits per heavy atom. The molecular formula is C19H25N3O. The number of nitrogens with one attached hydrogen (secondary N) is 2. The van der Waals surface area contributed by atoms with E-state index in [-0.39, 0.29) is 17.0 Å². The molecule has 0 radical (unpaired) electrons. The highest BCUT2D eigenvalue weighted by molar-refractivity contribution is 5.83. The highest BCUT2D eigenvalue weighted by atomic mass is 16.2. The second-order valence-corrected chi connectivity index (χ2v) is 7.03. The van der Waals surface area contributed by atoms with Gasteiger partial charge in [-0.25, -0.2) is 6.57 Å². The number of aryl methyl sites for hydroxylation is 1. The van der Waals surface area contributed by atoms with Gasteiger partial charge in [0.05, 0.1) is 0 Å². The number of amides is 1. The second-order valence-electron chi connectivity index (χ2n) is 7.03. The first kappa shape index (κ1) is 15.9. The monoisotopic (exact) mass is 311 g/mol. The normalized spacial score (nSPS) is 20.5. The van der Waals surface area contributed by atoms with Crippen molar-refractivity contribution in [1.82, 2.24) is 5.32 Å². The molecule has 1 aromatic rings. The van der Waals surface area contributed by atoms with Crippen LogP contribution < -0.4 is 10.6 Å². The standard InChI is InChI=1S/C19H25N3O/c1-20-17(23)18(10-3-11-18)14-9-15-5-7-16(8-6-15)22-19(21-2)12-4-13-19/h5-8,22H,3-4,9-14H2,1H3,(H,20,23). The third-order valence-corrected chi connectivity index (χ3v) is 5.64. The van der Waals surface area contributed by atoms with E-state index in [0.29, 0.717) is 0 Å². The molecular weight excluding hydrogens is 286 g/mol. The summed E-state index contributed by atoms with van der Waals surface area (Å²) in [6.07, 6.45) is 8.05. The summed E-state index contributed by atoms with van der Waals surface area (Å²) >= 11 is 0. The Morgan fingerprint density at radius 3 is 2.26 bits per heavy atom. The van der Waals surface area contributed by atoms with Crippen molar-refractivity contribution >= 4 is 11.6 Å². The first-order valence-electron chi connectivity index (χ1n) is 8.59. The highest BCUT2D eigenvalue weighted by Crippen LogP contribution is 2.45. The van der Waals surface area contributed by atoms with Gasteiger partial charge in [-0.2, -0.15) is 0 Å². The fraction of sp³-hybridized carbons (Fsp3) is 0.579. The van der Waals surface area contributed by atoms with Crippen molar-refractivity contribution in [2.24, 2.45) is 5.41 Å². The number of carbonyl (C=O) groups is 1. The Labute approximate surface area is 138 Å². The summed E-state index contributed by atoms with van der Waals surface area (Å²) in [5.41, 5.74) is 1.79. The van der Waals surface area contributed by atoms with Crippen LogP contribution in [0.3, 0.4) is 0 Å². The van der Waals surface area contributed by atoms with Gasteiger partial charge < -0.3 is 10.6 Å². The lowest BCUT2D eigenvalue weighted by Gasteiger charge is -2.40. The lowest BCUT2D eigenvalue weighted by atomic mass is 9.65. The zero-order valence-electron chi connectivity index (χ0n) is 13.8. The third-order valence-electron chi connectivity index (χ3n) is 5.64. The maximum absolute atomic E-state index is 12.1. The van der Waals surface area contributed by atoms with E-state index < -0.39 is 0 Å². The van der Waals surface area contributed by atoms with Gasteiger partial charge in [0.1, 0.15) is 0 Å². The fourth-order valence-corrected chi connectivity index (χ4v) is 3.64. The molecule has 2 aliphatic carbocycles. The largest absolute Gasteiger partial charge is 0.359 e. The van der Waals surface area contributed by atoms with Crippen LogP contribution in [0.25, 0.3) is 4.85 Å². The van der Waals surface area contributed by atoms with Crippen molar-refractivity contribution in [3.63, 3.8) is 0 Å². The van der Waals surface area contributed by atoms with Gasteiger partial charge in [-0.3, -0.25) is 9.64 Å². The minimum absolute atomic E-state index is 0.133. The maximum atomic E-state index is 12.1. The number of benzene rings is 1. The van der Waals surface area contributed by atoms with Crippen molar-refractivity contribution in [2.75, 3.05) is 12.4 Å². The Balaban J connectivity index is 1.58. The molecule has 0 bridgehead atoms. The van der Waals surface area contributed by atoms with Crippen LogP contribution in [0.4, 0.5) is 5.69 Å². The van der Waals surface area contributed by atoms with Gasteiger partial charge in [0.2, 0.25) is 5.91 Å². The van der Waals surface area contributed by atoms with Crippen LogP contribution in [0.15, 0.2) is 24.3 Å². The molecule has 1 amide bonds. The number of anilines is 1. The Kier molecular flexibility index (Phi) is 4.30. The zero-order valence-corrected chi connectivity index (χ0v) is 13.8. The number of hydrogen-bond acceptors (Lipinski definition) is 2. The molecule has 0 saturated heterocycles. The molecule has 0 atom stereocenters. The quantitative estimate of drug-likeness (QED) is 0.786. The van der Waals surface area contributed by atoms with Crippen LogP contribution in [0.1, 0.15) is 50.5 Å². The van der Waals surface area contributed by atoms with E-state index in [1.54, 1.807) is 7.05 Å². The summed E-state index contributed by atoms with van der Waals surface area (Å²) in [7, 11) is 1.73. The minimum atomic E-state index is -0.364. The molecule has 4 nitrogen and oxygen atoms in total. The Hall–Kier alpha value is -2.02. The molecule has 0 heterocycles.